The Morgan fingerprint density at radius 2 is 1.63 bits per heavy atom. The summed E-state index contributed by atoms with van der Waals surface area (Å²) in [4.78, 5) is 0. The fourth-order valence-electron chi connectivity index (χ4n) is 9.95. The molecule has 11 nitrogen and oxygen atoms in total. The van der Waals surface area contributed by atoms with Crippen LogP contribution in [0, 0.1) is 29.6 Å². The molecule has 0 amide bonds. The Morgan fingerprint density at radius 3 is 2.37 bits per heavy atom. The fraction of sp³-hybridized carbons (Fsp3) is 1.00. The lowest BCUT2D eigenvalue weighted by molar-refractivity contribution is -0.739. The first kappa shape index (κ1) is 36.8. The standard InChI is InChI=1S/C35H65N3O8/c1-20-10-24(18-39)27(11-22-8-9-37-34(36)13-22)28(38-20)19-45-33-15-23(14-32(44-3)35(33)42)30-17-25(40)16-26(46-30)6-4-21-5-7-29(41)31(12-21)43-2/h20-35,37-42H,4-19,36H2,1-3H3/p+2. The van der Waals surface area contributed by atoms with Gasteiger partial charge in [-0.1, -0.05) is 0 Å². The molecule has 2 saturated carbocycles. The van der Waals surface area contributed by atoms with Gasteiger partial charge in [0.25, 0.3) is 0 Å². The van der Waals surface area contributed by atoms with Gasteiger partial charge < -0.3 is 50.0 Å². The monoisotopic (exact) mass is 657 g/mol. The quantitative estimate of drug-likeness (QED) is 0.147. The molecule has 10 N–H and O–H groups in total. The molecule has 5 aliphatic rings. The molecule has 0 aromatic heterocycles. The van der Waals surface area contributed by atoms with Crippen molar-refractivity contribution < 1.29 is 50.0 Å². The predicted octanol–water partition coefficient (Wildman–Crippen LogP) is -0.381. The number of piperidine rings is 2. The minimum Gasteiger partial charge on any atom is -0.396 e. The van der Waals surface area contributed by atoms with E-state index in [1.54, 1.807) is 14.2 Å². The van der Waals surface area contributed by atoms with Crippen LogP contribution in [0.5, 0.6) is 0 Å². The van der Waals surface area contributed by atoms with Gasteiger partial charge >= 0.3 is 0 Å². The first-order valence-corrected chi connectivity index (χ1v) is 18.6. The first-order valence-electron chi connectivity index (χ1n) is 18.6. The third-order valence-electron chi connectivity index (χ3n) is 12.5. The molecule has 46 heavy (non-hydrogen) atoms. The third-order valence-corrected chi connectivity index (χ3v) is 12.5. The summed E-state index contributed by atoms with van der Waals surface area (Å²) in [6.07, 6.45) is 9.10. The zero-order valence-corrected chi connectivity index (χ0v) is 28.7. The number of rotatable bonds is 12. The van der Waals surface area contributed by atoms with Crippen LogP contribution in [0.4, 0.5) is 0 Å². The van der Waals surface area contributed by atoms with E-state index < -0.39 is 12.2 Å². The van der Waals surface area contributed by atoms with Crippen LogP contribution in [-0.2, 0) is 18.9 Å². The van der Waals surface area contributed by atoms with Crippen molar-refractivity contribution in [1.29, 1.82) is 0 Å². The number of hydrogen-bond donors (Lipinski definition) is 7. The number of aliphatic hydroxyl groups excluding tert-OH is 4. The summed E-state index contributed by atoms with van der Waals surface area (Å²) in [5, 5.41) is 47.5. The normalized spacial score (nSPS) is 47.5. The van der Waals surface area contributed by atoms with Crippen molar-refractivity contribution in [2.45, 2.75) is 157 Å². The molecule has 5 fully saturated rings. The molecular weight excluding hydrogens is 590 g/mol. The Bertz CT molecular complexity index is 904. The average Bonchev–Trinajstić information content (AvgIpc) is 3.04. The predicted molar refractivity (Wildman–Crippen MR) is 173 cm³/mol. The highest BCUT2D eigenvalue weighted by Gasteiger charge is 2.46. The van der Waals surface area contributed by atoms with Crippen molar-refractivity contribution in [3.63, 3.8) is 0 Å². The molecule has 0 aromatic carbocycles. The third kappa shape index (κ3) is 9.62. The van der Waals surface area contributed by atoms with E-state index in [-0.39, 0.29) is 67.3 Å². The summed E-state index contributed by atoms with van der Waals surface area (Å²) in [7, 11) is 3.34. The summed E-state index contributed by atoms with van der Waals surface area (Å²) in [5.74, 6) is 1.78. The number of aliphatic hydroxyl groups is 4. The molecule has 3 heterocycles. The minimum absolute atomic E-state index is 0.00573. The molecule has 5 rings (SSSR count). The maximum Gasteiger partial charge on any atom is 0.137 e. The lowest BCUT2D eigenvalue weighted by Gasteiger charge is -2.45. The van der Waals surface area contributed by atoms with Gasteiger partial charge in [-0.3, -0.25) is 5.73 Å². The van der Waals surface area contributed by atoms with E-state index >= 15 is 0 Å². The van der Waals surface area contributed by atoms with E-state index in [2.05, 4.69) is 17.6 Å². The van der Waals surface area contributed by atoms with Crippen LogP contribution < -0.4 is 16.4 Å². The topological polar surface area (TPSA) is 177 Å². The first-order chi connectivity index (χ1) is 22.2. The Kier molecular flexibility index (Phi) is 14.0. The van der Waals surface area contributed by atoms with Gasteiger partial charge in [-0.2, -0.15) is 0 Å². The van der Waals surface area contributed by atoms with Gasteiger partial charge in [0.15, 0.2) is 0 Å². The van der Waals surface area contributed by atoms with Gasteiger partial charge in [0.05, 0.1) is 61.9 Å². The Labute approximate surface area is 276 Å². The van der Waals surface area contributed by atoms with Crippen LogP contribution >= 0.6 is 0 Å². The van der Waals surface area contributed by atoms with Gasteiger partial charge in [-0.05, 0) is 101 Å². The molecule has 268 valence electrons. The van der Waals surface area contributed by atoms with Crippen molar-refractivity contribution in [2.24, 2.45) is 35.3 Å². The van der Waals surface area contributed by atoms with E-state index in [9.17, 15) is 20.4 Å². The molecular formula is C35H67N3O8+2. The van der Waals surface area contributed by atoms with Gasteiger partial charge in [0, 0.05) is 39.6 Å². The van der Waals surface area contributed by atoms with Crippen molar-refractivity contribution in [3.8, 4) is 0 Å². The van der Waals surface area contributed by atoms with E-state index in [0.29, 0.717) is 56.1 Å². The molecule has 11 heteroatoms. The van der Waals surface area contributed by atoms with Crippen molar-refractivity contribution >= 4 is 0 Å². The van der Waals surface area contributed by atoms with Crippen molar-refractivity contribution in [3.05, 3.63) is 0 Å². The molecule has 2 aliphatic carbocycles. The number of hydrogen-bond acceptors (Lipinski definition) is 9. The highest BCUT2D eigenvalue weighted by molar-refractivity contribution is 4.94. The Balaban J connectivity index is 1.19. The number of ether oxygens (including phenoxy) is 4. The van der Waals surface area contributed by atoms with Gasteiger partial charge in [-0.25, -0.2) is 0 Å². The largest absolute Gasteiger partial charge is 0.396 e. The lowest BCUT2D eigenvalue weighted by Crippen LogP contribution is -2.99. The zero-order chi connectivity index (χ0) is 32.8. The summed E-state index contributed by atoms with van der Waals surface area (Å²) < 4.78 is 24.7. The molecule has 3 saturated heterocycles. The van der Waals surface area contributed by atoms with Crippen LogP contribution in [0.15, 0.2) is 0 Å². The van der Waals surface area contributed by atoms with Crippen LogP contribution in [0.2, 0.25) is 0 Å². The average molecular weight is 658 g/mol. The number of quaternary nitrogens is 2. The smallest absolute Gasteiger partial charge is 0.137 e. The summed E-state index contributed by atoms with van der Waals surface area (Å²) in [5.41, 5.74) is 6.29. The van der Waals surface area contributed by atoms with E-state index in [4.69, 9.17) is 24.7 Å². The van der Waals surface area contributed by atoms with Crippen LogP contribution in [0.25, 0.3) is 0 Å². The van der Waals surface area contributed by atoms with E-state index in [1.807, 2.05) is 0 Å². The van der Waals surface area contributed by atoms with Gasteiger partial charge in [0.2, 0.25) is 0 Å². The highest BCUT2D eigenvalue weighted by Crippen LogP contribution is 2.39. The number of nitrogens with two attached hydrogens (primary N) is 3. The summed E-state index contributed by atoms with van der Waals surface area (Å²) in [6, 6.07) is 0.625. The SMILES string of the molecule is COC1CC(CCC2CC(O)CC(C3CC(OC)C(O)C(OCC4[NH2+]C(C)CC(CO)C4CC4CC[NH2+]C(N)C4)C3)O2)CCC1O. The second-order valence-electron chi connectivity index (χ2n) is 15.9. The molecule has 0 radical (unpaired) electrons. The summed E-state index contributed by atoms with van der Waals surface area (Å²) >= 11 is 0. The molecule has 0 spiro atoms. The second-order valence-corrected chi connectivity index (χ2v) is 15.9. The van der Waals surface area contributed by atoms with Gasteiger partial charge in [0.1, 0.15) is 18.3 Å². The lowest BCUT2D eigenvalue weighted by atomic mass is 9.72. The Morgan fingerprint density at radius 1 is 0.848 bits per heavy atom. The summed E-state index contributed by atoms with van der Waals surface area (Å²) in [6.45, 7) is 4.02. The van der Waals surface area contributed by atoms with Crippen LogP contribution in [0.1, 0.15) is 90.4 Å². The molecule has 3 aliphatic heterocycles. The van der Waals surface area contributed by atoms with E-state index in [0.717, 1.165) is 64.3 Å². The van der Waals surface area contributed by atoms with Crippen molar-refractivity contribution in [1.82, 2.24) is 0 Å². The maximum atomic E-state index is 11.3. The molecule has 0 aromatic rings. The maximum absolute atomic E-state index is 11.3. The minimum atomic E-state index is -0.721. The van der Waals surface area contributed by atoms with Gasteiger partial charge in [-0.15, -0.1) is 0 Å². The van der Waals surface area contributed by atoms with Crippen LogP contribution in [-0.4, -0.2) is 121 Å². The molecule has 16 atom stereocenters. The fourth-order valence-corrected chi connectivity index (χ4v) is 9.95. The Hall–Kier alpha value is -0.440. The van der Waals surface area contributed by atoms with Crippen LogP contribution in [0.3, 0.4) is 0 Å². The number of methoxy groups -OCH3 is 2. The zero-order valence-electron chi connectivity index (χ0n) is 28.7. The van der Waals surface area contributed by atoms with Crippen molar-refractivity contribution in [2.75, 3.05) is 34.0 Å². The molecule has 0 bridgehead atoms. The second kappa shape index (κ2) is 17.5. The molecule has 16 unspecified atom stereocenters. The van der Waals surface area contributed by atoms with E-state index in [1.165, 1.54) is 0 Å². The highest BCUT2D eigenvalue weighted by atomic mass is 16.5.